The summed E-state index contributed by atoms with van der Waals surface area (Å²) in [7, 11) is 0. The van der Waals surface area contributed by atoms with Gasteiger partial charge in [-0.05, 0) is 42.9 Å². The van der Waals surface area contributed by atoms with E-state index in [4.69, 9.17) is 4.74 Å². The Hall–Kier alpha value is -2.09. The fraction of sp³-hybridized carbons (Fsp3) is 0.316. The highest BCUT2D eigenvalue weighted by atomic mass is 16.5. The average molecular weight is 282 g/mol. The maximum atomic E-state index is 11.8. The summed E-state index contributed by atoms with van der Waals surface area (Å²) in [5.74, 6) is 0.319. The van der Waals surface area contributed by atoms with E-state index in [1.54, 1.807) is 12.1 Å². The lowest BCUT2D eigenvalue weighted by molar-refractivity contribution is 0.0484. The van der Waals surface area contributed by atoms with Gasteiger partial charge in [0, 0.05) is 0 Å². The first kappa shape index (κ1) is 15.3. The molecule has 2 nitrogen and oxygen atoms in total. The van der Waals surface area contributed by atoms with Crippen LogP contribution in [0.1, 0.15) is 35.7 Å². The quantitative estimate of drug-likeness (QED) is 0.699. The van der Waals surface area contributed by atoms with Gasteiger partial charge in [0.15, 0.2) is 0 Å². The Morgan fingerprint density at radius 3 is 2.24 bits per heavy atom. The van der Waals surface area contributed by atoms with Crippen LogP contribution in [0.3, 0.4) is 0 Å². The minimum absolute atomic E-state index is 0.231. The highest BCUT2D eigenvalue weighted by Gasteiger charge is 2.08. The van der Waals surface area contributed by atoms with E-state index in [2.05, 4.69) is 31.2 Å². The second-order valence-corrected chi connectivity index (χ2v) is 5.42. The van der Waals surface area contributed by atoms with Gasteiger partial charge in [0.1, 0.15) is 0 Å². The number of rotatable bonds is 7. The van der Waals surface area contributed by atoms with E-state index in [1.165, 1.54) is 5.56 Å². The molecule has 2 heteroatoms. The Balaban J connectivity index is 1.65. The molecule has 0 radical (unpaired) electrons. The summed E-state index contributed by atoms with van der Waals surface area (Å²) in [6.07, 6.45) is 3.10. The topological polar surface area (TPSA) is 26.3 Å². The predicted molar refractivity (Wildman–Crippen MR) is 85.3 cm³/mol. The summed E-state index contributed by atoms with van der Waals surface area (Å²) < 4.78 is 5.31. The largest absolute Gasteiger partial charge is 0.462 e. The number of ether oxygens (including phenoxy) is 1. The monoisotopic (exact) mass is 282 g/mol. The molecule has 0 saturated heterocycles. The van der Waals surface area contributed by atoms with Gasteiger partial charge in [0.25, 0.3) is 0 Å². The van der Waals surface area contributed by atoms with Crippen molar-refractivity contribution in [1.29, 1.82) is 0 Å². The van der Waals surface area contributed by atoms with Crippen LogP contribution < -0.4 is 0 Å². The zero-order valence-corrected chi connectivity index (χ0v) is 12.5. The molecule has 1 atom stereocenters. The molecule has 0 aromatic heterocycles. The molecule has 0 unspecified atom stereocenters. The summed E-state index contributed by atoms with van der Waals surface area (Å²) in [6.45, 7) is 2.70. The van der Waals surface area contributed by atoms with Crippen LogP contribution in [0.2, 0.25) is 0 Å². The summed E-state index contributed by atoms with van der Waals surface area (Å²) in [5.41, 5.74) is 1.99. The minimum Gasteiger partial charge on any atom is -0.462 e. The molecule has 0 aliphatic carbocycles. The molecule has 0 fully saturated rings. The Morgan fingerprint density at radius 1 is 0.952 bits per heavy atom. The highest BCUT2D eigenvalue weighted by molar-refractivity contribution is 5.89. The lowest BCUT2D eigenvalue weighted by Crippen LogP contribution is -2.09. The lowest BCUT2D eigenvalue weighted by Gasteiger charge is -2.11. The summed E-state index contributed by atoms with van der Waals surface area (Å²) in [4.78, 5) is 11.8. The Morgan fingerprint density at radius 2 is 1.57 bits per heavy atom. The number of esters is 1. The van der Waals surface area contributed by atoms with Crippen LogP contribution in [0.25, 0.3) is 0 Å². The van der Waals surface area contributed by atoms with Gasteiger partial charge in [-0.25, -0.2) is 4.79 Å². The van der Waals surface area contributed by atoms with Crippen molar-refractivity contribution in [3.05, 3.63) is 71.8 Å². The molecule has 0 heterocycles. The normalized spacial score (nSPS) is 11.9. The van der Waals surface area contributed by atoms with Crippen molar-refractivity contribution in [1.82, 2.24) is 0 Å². The SMILES string of the molecule is C[C@H](CCOC(=O)c1ccccc1)CCc1ccccc1. The predicted octanol–water partition coefficient (Wildman–Crippen LogP) is 4.50. The molecule has 2 aromatic rings. The van der Waals surface area contributed by atoms with Crippen molar-refractivity contribution in [2.45, 2.75) is 26.2 Å². The number of carbonyl (C=O) groups is 1. The number of carbonyl (C=O) groups excluding carboxylic acids is 1. The second kappa shape index (κ2) is 8.25. The third kappa shape index (κ3) is 5.42. The maximum absolute atomic E-state index is 11.8. The van der Waals surface area contributed by atoms with Gasteiger partial charge in [-0.1, -0.05) is 55.5 Å². The third-order valence-corrected chi connectivity index (χ3v) is 3.62. The van der Waals surface area contributed by atoms with Crippen molar-refractivity contribution >= 4 is 5.97 Å². The van der Waals surface area contributed by atoms with E-state index in [0.717, 1.165) is 19.3 Å². The number of benzene rings is 2. The molecule has 0 aliphatic heterocycles. The van der Waals surface area contributed by atoms with E-state index < -0.39 is 0 Å². The Bertz CT molecular complexity index is 534. The lowest BCUT2D eigenvalue weighted by atomic mass is 9.99. The second-order valence-electron chi connectivity index (χ2n) is 5.42. The summed E-state index contributed by atoms with van der Waals surface area (Å²) in [5, 5.41) is 0. The Kier molecular flexibility index (Phi) is 6.01. The van der Waals surface area contributed by atoms with E-state index in [-0.39, 0.29) is 5.97 Å². The number of hydrogen-bond acceptors (Lipinski definition) is 2. The number of aryl methyl sites for hydroxylation is 1. The number of hydrogen-bond donors (Lipinski definition) is 0. The van der Waals surface area contributed by atoms with Crippen LogP contribution in [-0.2, 0) is 11.2 Å². The van der Waals surface area contributed by atoms with Gasteiger partial charge in [-0.15, -0.1) is 0 Å². The average Bonchev–Trinajstić information content (AvgIpc) is 2.54. The molecule has 2 rings (SSSR count). The maximum Gasteiger partial charge on any atom is 0.338 e. The molecule has 0 spiro atoms. The van der Waals surface area contributed by atoms with Crippen molar-refractivity contribution in [3.8, 4) is 0 Å². The smallest absolute Gasteiger partial charge is 0.338 e. The first-order chi connectivity index (χ1) is 10.3. The van der Waals surface area contributed by atoms with E-state index >= 15 is 0 Å². The summed E-state index contributed by atoms with van der Waals surface area (Å²) in [6, 6.07) is 19.6. The van der Waals surface area contributed by atoms with Gasteiger partial charge in [0.2, 0.25) is 0 Å². The zero-order valence-electron chi connectivity index (χ0n) is 12.5. The first-order valence-corrected chi connectivity index (χ1v) is 7.52. The van der Waals surface area contributed by atoms with Crippen molar-refractivity contribution in [2.75, 3.05) is 6.61 Å². The molecule has 0 amide bonds. The third-order valence-electron chi connectivity index (χ3n) is 3.62. The van der Waals surface area contributed by atoms with Crippen LogP contribution in [0, 0.1) is 5.92 Å². The fourth-order valence-corrected chi connectivity index (χ4v) is 2.21. The van der Waals surface area contributed by atoms with Gasteiger partial charge < -0.3 is 4.74 Å². The van der Waals surface area contributed by atoms with Crippen molar-refractivity contribution < 1.29 is 9.53 Å². The zero-order chi connectivity index (χ0) is 14.9. The molecule has 2 aromatic carbocycles. The minimum atomic E-state index is -0.231. The van der Waals surface area contributed by atoms with Gasteiger partial charge >= 0.3 is 5.97 Å². The standard InChI is InChI=1S/C19H22O2/c1-16(12-13-17-8-4-2-5-9-17)14-15-21-19(20)18-10-6-3-7-11-18/h2-11,16H,12-15H2,1H3/t16-/m0/s1. The fourth-order valence-electron chi connectivity index (χ4n) is 2.21. The van der Waals surface area contributed by atoms with Crippen LogP contribution in [0.15, 0.2) is 60.7 Å². The molecule has 110 valence electrons. The molecular formula is C19H22O2. The first-order valence-electron chi connectivity index (χ1n) is 7.52. The van der Waals surface area contributed by atoms with Gasteiger partial charge in [-0.3, -0.25) is 0 Å². The van der Waals surface area contributed by atoms with Crippen LogP contribution in [0.4, 0.5) is 0 Å². The van der Waals surface area contributed by atoms with E-state index in [0.29, 0.717) is 18.1 Å². The molecule has 21 heavy (non-hydrogen) atoms. The van der Waals surface area contributed by atoms with Gasteiger partial charge in [-0.2, -0.15) is 0 Å². The van der Waals surface area contributed by atoms with Crippen LogP contribution >= 0.6 is 0 Å². The van der Waals surface area contributed by atoms with Crippen LogP contribution in [0.5, 0.6) is 0 Å². The molecule has 0 bridgehead atoms. The van der Waals surface area contributed by atoms with Gasteiger partial charge in [0.05, 0.1) is 12.2 Å². The van der Waals surface area contributed by atoms with Crippen molar-refractivity contribution in [2.24, 2.45) is 5.92 Å². The highest BCUT2D eigenvalue weighted by Crippen LogP contribution is 2.13. The van der Waals surface area contributed by atoms with Crippen LogP contribution in [-0.4, -0.2) is 12.6 Å². The molecule has 0 aliphatic rings. The van der Waals surface area contributed by atoms with E-state index in [9.17, 15) is 4.79 Å². The molecule has 0 saturated carbocycles. The molecule has 0 N–H and O–H groups in total. The molecular weight excluding hydrogens is 260 g/mol. The Labute approximate surface area is 126 Å². The van der Waals surface area contributed by atoms with E-state index in [1.807, 2.05) is 24.3 Å². The van der Waals surface area contributed by atoms with Crippen molar-refractivity contribution in [3.63, 3.8) is 0 Å². The summed E-state index contributed by atoms with van der Waals surface area (Å²) >= 11 is 0.